The fraction of sp³-hybridized carbons (Fsp3) is 0.318. The predicted octanol–water partition coefficient (Wildman–Crippen LogP) is 2.60. The molecule has 1 saturated heterocycles. The summed E-state index contributed by atoms with van der Waals surface area (Å²) in [6.07, 6.45) is 8.34. The van der Waals surface area contributed by atoms with E-state index in [9.17, 15) is 0 Å². The average molecular weight is 390 g/mol. The number of hydrogen-bond donors (Lipinski definition) is 2. The van der Waals surface area contributed by atoms with E-state index in [4.69, 9.17) is 4.99 Å². The number of anilines is 1. The number of imidazole rings is 1. The van der Waals surface area contributed by atoms with E-state index in [1.165, 1.54) is 5.69 Å². The lowest BCUT2D eigenvalue weighted by Crippen LogP contribution is -2.44. The lowest BCUT2D eigenvalue weighted by Gasteiger charge is -2.20. The fourth-order valence-corrected chi connectivity index (χ4v) is 3.49. The summed E-state index contributed by atoms with van der Waals surface area (Å²) in [4.78, 5) is 15.7. The molecule has 29 heavy (non-hydrogen) atoms. The predicted molar refractivity (Wildman–Crippen MR) is 116 cm³/mol. The monoisotopic (exact) mass is 389 g/mol. The van der Waals surface area contributed by atoms with Crippen molar-refractivity contribution in [2.24, 2.45) is 4.99 Å². The molecule has 7 nitrogen and oxygen atoms in total. The normalized spacial score (nSPS) is 16.8. The number of pyridine rings is 1. The van der Waals surface area contributed by atoms with Gasteiger partial charge in [-0.2, -0.15) is 0 Å². The molecular formula is C22H27N7. The summed E-state index contributed by atoms with van der Waals surface area (Å²) in [5, 5.41) is 6.94. The van der Waals surface area contributed by atoms with Crippen LogP contribution in [0.25, 0.3) is 5.82 Å². The van der Waals surface area contributed by atoms with Gasteiger partial charge in [0.15, 0.2) is 5.96 Å². The van der Waals surface area contributed by atoms with Crippen molar-refractivity contribution >= 4 is 11.6 Å². The summed E-state index contributed by atoms with van der Waals surface area (Å²) in [6.45, 7) is 5.54. The first-order chi connectivity index (χ1) is 14.3. The molecule has 1 atom stereocenters. The molecular weight excluding hydrogens is 362 g/mol. The van der Waals surface area contributed by atoms with Gasteiger partial charge in [-0.05, 0) is 37.1 Å². The van der Waals surface area contributed by atoms with E-state index >= 15 is 0 Å². The van der Waals surface area contributed by atoms with Gasteiger partial charge in [-0.25, -0.2) is 15.0 Å². The van der Waals surface area contributed by atoms with E-state index in [2.05, 4.69) is 68.8 Å². The van der Waals surface area contributed by atoms with Gasteiger partial charge in [0.25, 0.3) is 0 Å². The topological polar surface area (TPSA) is 70.4 Å². The minimum atomic E-state index is 0.384. The molecule has 0 spiro atoms. The Hall–Kier alpha value is -3.35. The molecule has 1 aliphatic heterocycles. The third kappa shape index (κ3) is 4.93. The maximum atomic E-state index is 4.75. The average Bonchev–Trinajstić information content (AvgIpc) is 3.46. The molecule has 3 heterocycles. The van der Waals surface area contributed by atoms with Crippen LogP contribution in [0.15, 0.2) is 72.4 Å². The highest BCUT2D eigenvalue weighted by Gasteiger charge is 2.23. The van der Waals surface area contributed by atoms with Crippen LogP contribution < -0.4 is 15.5 Å². The van der Waals surface area contributed by atoms with Crippen molar-refractivity contribution in [3.8, 4) is 5.82 Å². The number of hydrogen-bond acceptors (Lipinski definition) is 4. The molecule has 0 bridgehead atoms. The van der Waals surface area contributed by atoms with Gasteiger partial charge in [0.05, 0.1) is 6.54 Å². The van der Waals surface area contributed by atoms with Crippen molar-refractivity contribution in [2.75, 3.05) is 24.5 Å². The first-order valence-corrected chi connectivity index (χ1v) is 10.1. The first-order valence-electron chi connectivity index (χ1n) is 10.1. The van der Waals surface area contributed by atoms with Gasteiger partial charge in [0.2, 0.25) is 0 Å². The quantitative estimate of drug-likeness (QED) is 0.501. The number of rotatable bonds is 6. The number of nitrogens with one attached hydrogen (secondary N) is 2. The molecule has 1 unspecified atom stereocenters. The van der Waals surface area contributed by atoms with Crippen LogP contribution in [0.2, 0.25) is 0 Å². The minimum Gasteiger partial charge on any atom is -0.369 e. The second-order valence-corrected chi connectivity index (χ2v) is 7.10. The second-order valence-electron chi connectivity index (χ2n) is 7.10. The summed E-state index contributed by atoms with van der Waals surface area (Å²) in [5.74, 6) is 1.71. The molecule has 3 aromatic rings. The molecule has 0 saturated carbocycles. The van der Waals surface area contributed by atoms with Gasteiger partial charge in [-0.15, -0.1) is 0 Å². The molecule has 1 aliphatic rings. The van der Waals surface area contributed by atoms with Crippen molar-refractivity contribution in [2.45, 2.75) is 25.9 Å². The van der Waals surface area contributed by atoms with Crippen LogP contribution in [0.5, 0.6) is 0 Å². The van der Waals surface area contributed by atoms with Crippen molar-refractivity contribution < 1.29 is 0 Å². The van der Waals surface area contributed by atoms with Gasteiger partial charge >= 0.3 is 0 Å². The standard InChI is InChI=1S/C22H27N7/c1-2-24-22(27-19-10-12-28(16-19)20-6-4-3-5-7-20)26-15-18-8-9-21(25-14-18)29-13-11-23-17-29/h3-9,11,13-14,17,19H,2,10,12,15-16H2,1H3,(H2,24,26,27). The zero-order valence-electron chi connectivity index (χ0n) is 16.7. The molecule has 4 rings (SSSR count). The van der Waals surface area contributed by atoms with Crippen molar-refractivity contribution in [1.29, 1.82) is 0 Å². The van der Waals surface area contributed by atoms with Crippen LogP contribution in [0.4, 0.5) is 5.69 Å². The Kier molecular flexibility index (Phi) is 6.04. The molecule has 0 radical (unpaired) electrons. The van der Waals surface area contributed by atoms with Crippen molar-refractivity contribution in [1.82, 2.24) is 25.2 Å². The summed E-state index contributed by atoms with van der Waals surface area (Å²) in [6, 6.07) is 15.0. The molecule has 1 aromatic carbocycles. The first kappa shape index (κ1) is 19.0. The van der Waals surface area contributed by atoms with Crippen LogP contribution in [0, 0.1) is 0 Å². The van der Waals surface area contributed by atoms with Crippen LogP contribution in [-0.2, 0) is 6.54 Å². The number of aromatic nitrogens is 3. The number of guanidine groups is 1. The smallest absolute Gasteiger partial charge is 0.191 e. The lowest BCUT2D eigenvalue weighted by molar-refractivity contribution is 0.649. The molecule has 2 aromatic heterocycles. The summed E-state index contributed by atoms with van der Waals surface area (Å²) in [7, 11) is 0. The van der Waals surface area contributed by atoms with Crippen LogP contribution in [0.3, 0.4) is 0 Å². The molecule has 7 heteroatoms. The van der Waals surface area contributed by atoms with Gasteiger partial charge in [0, 0.05) is 50.0 Å². The maximum Gasteiger partial charge on any atom is 0.191 e. The number of benzene rings is 1. The third-order valence-corrected chi connectivity index (χ3v) is 4.99. The molecule has 2 N–H and O–H groups in total. The highest BCUT2D eigenvalue weighted by atomic mass is 15.2. The van der Waals surface area contributed by atoms with E-state index < -0.39 is 0 Å². The Balaban J connectivity index is 1.35. The third-order valence-electron chi connectivity index (χ3n) is 4.99. The second kappa shape index (κ2) is 9.23. The van der Waals surface area contributed by atoms with Crippen LogP contribution >= 0.6 is 0 Å². The maximum absolute atomic E-state index is 4.75. The zero-order chi connectivity index (χ0) is 19.9. The van der Waals surface area contributed by atoms with E-state index in [1.54, 1.807) is 12.5 Å². The van der Waals surface area contributed by atoms with Crippen LogP contribution in [-0.4, -0.2) is 46.2 Å². The van der Waals surface area contributed by atoms with Crippen molar-refractivity contribution in [3.05, 3.63) is 72.9 Å². The number of aliphatic imine (C=N–C) groups is 1. The van der Waals surface area contributed by atoms with Gasteiger partial charge in [-0.1, -0.05) is 24.3 Å². The Morgan fingerprint density at radius 3 is 2.83 bits per heavy atom. The highest BCUT2D eigenvalue weighted by molar-refractivity contribution is 5.80. The van der Waals surface area contributed by atoms with E-state index in [1.807, 2.05) is 23.0 Å². The van der Waals surface area contributed by atoms with E-state index in [0.717, 1.165) is 43.4 Å². The van der Waals surface area contributed by atoms with E-state index in [-0.39, 0.29) is 0 Å². The molecule has 0 amide bonds. The fourth-order valence-electron chi connectivity index (χ4n) is 3.49. The Morgan fingerprint density at radius 2 is 2.10 bits per heavy atom. The van der Waals surface area contributed by atoms with Crippen LogP contribution in [0.1, 0.15) is 18.9 Å². The zero-order valence-corrected chi connectivity index (χ0v) is 16.7. The summed E-state index contributed by atoms with van der Waals surface area (Å²) < 4.78 is 1.89. The van der Waals surface area contributed by atoms with Gasteiger partial charge < -0.3 is 15.5 Å². The SMILES string of the molecule is CCNC(=NCc1ccc(-n2ccnc2)nc1)NC1CCN(c2ccccc2)C1. The Labute approximate surface area is 171 Å². The minimum absolute atomic E-state index is 0.384. The molecule has 0 aliphatic carbocycles. The number of para-hydroxylation sites is 1. The van der Waals surface area contributed by atoms with E-state index in [0.29, 0.717) is 12.6 Å². The summed E-state index contributed by atoms with van der Waals surface area (Å²) in [5.41, 5.74) is 2.35. The summed E-state index contributed by atoms with van der Waals surface area (Å²) >= 11 is 0. The largest absolute Gasteiger partial charge is 0.369 e. The molecule has 1 fully saturated rings. The number of nitrogens with zero attached hydrogens (tertiary/aromatic N) is 5. The Morgan fingerprint density at radius 1 is 1.21 bits per heavy atom. The highest BCUT2D eigenvalue weighted by Crippen LogP contribution is 2.19. The Bertz CT molecular complexity index is 904. The van der Waals surface area contributed by atoms with Gasteiger partial charge in [-0.3, -0.25) is 4.57 Å². The van der Waals surface area contributed by atoms with Gasteiger partial charge in [0.1, 0.15) is 12.1 Å². The van der Waals surface area contributed by atoms with Crippen molar-refractivity contribution in [3.63, 3.8) is 0 Å². The molecule has 150 valence electrons. The lowest BCUT2D eigenvalue weighted by atomic mass is 10.2.